The minimum atomic E-state index is -0.277. The van der Waals surface area contributed by atoms with Gasteiger partial charge in [-0.1, -0.05) is 80.5 Å². The Morgan fingerprint density at radius 1 is 0.805 bits per heavy atom. The van der Waals surface area contributed by atoms with E-state index in [-0.39, 0.29) is 5.79 Å². The van der Waals surface area contributed by atoms with E-state index in [1.807, 2.05) is 0 Å². The van der Waals surface area contributed by atoms with Crippen LogP contribution in [-0.4, -0.2) is 44.3 Å². The van der Waals surface area contributed by atoms with Gasteiger partial charge in [0.2, 0.25) is 0 Å². The topological polar surface area (TPSA) is 36.9 Å². The molecule has 5 rings (SSSR count). The normalized spacial score (nSPS) is 39.7. The fraction of sp³-hybridized carbons (Fsp3) is 0.944. The minimum absolute atomic E-state index is 0.277. The molecular formula is C36H61BrO4. The maximum atomic E-state index is 6.34. The number of ether oxygens (including phenoxy) is 4. The quantitative estimate of drug-likeness (QED) is 0.0775. The highest BCUT2D eigenvalue weighted by molar-refractivity contribution is 9.09. The van der Waals surface area contributed by atoms with Gasteiger partial charge in [0, 0.05) is 25.3 Å². The van der Waals surface area contributed by atoms with E-state index in [1.54, 1.807) is 7.11 Å². The van der Waals surface area contributed by atoms with Gasteiger partial charge in [0.25, 0.3) is 0 Å². The Balaban J connectivity index is 1.21. The fourth-order valence-electron chi connectivity index (χ4n) is 10.6. The average Bonchev–Trinajstić information content (AvgIpc) is 3.57. The molecule has 1 saturated heterocycles. The third-order valence-electron chi connectivity index (χ3n) is 12.8. The van der Waals surface area contributed by atoms with Gasteiger partial charge in [-0.25, -0.2) is 0 Å². The lowest BCUT2D eigenvalue weighted by atomic mass is 9.42. The van der Waals surface area contributed by atoms with Crippen LogP contribution < -0.4 is 0 Å². The Bertz CT molecular complexity index is 826. The van der Waals surface area contributed by atoms with Gasteiger partial charge in [-0.15, -0.1) is 0 Å². The molecule has 5 heteroatoms. The molecule has 4 nitrogen and oxygen atoms in total. The number of allylic oxidation sites excluding steroid dienone is 2. The van der Waals surface area contributed by atoms with Gasteiger partial charge in [0.1, 0.15) is 6.79 Å². The van der Waals surface area contributed by atoms with Gasteiger partial charge in [0.15, 0.2) is 5.79 Å². The zero-order chi connectivity index (χ0) is 28.8. The molecule has 0 amide bonds. The third kappa shape index (κ3) is 7.15. The summed E-state index contributed by atoms with van der Waals surface area (Å²) in [6, 6.07) is 0. The highest BCUT2D eigenvalue weighted by atomic mass is 79.9. The van der Waals surface area contributed by atoms with Crippen molar-refractivity contribution in [2.75, 3.05) is 32.4 Å². The molecule has 5 fully saturated rings. The lowest BCUT2D eigenvalue weighted by Crippen LogP contribution is -2.59. The predicted molar refractivity (Wildman–Crippen MR) is 171 cm³/mol. The number of methoxy groups -OCH3 is 1. The molecular weight excluding hydrogens is 576 g/mol. The van der Waals surface area contributed by atoms with Crippen LogP contribution in [-0.2, 0) is 18.9 Å². The van der Waals surface area contributed by atoms with Gasteiger partial charge < -0.3 is 18.9 Å². The summed E-state index contributed by atoms with van der Waals surface area (Å²) in [6.07, 6.45) is 29.1. The molecule has 236 valence electrons. The summed E-state index contributed by atoms with van der Waals surface area (Å²) in [5.74, 6) is 3.64. The van der Waals surface area contributed by atoms with Crippen molar-refractivity contribution in [2.45, 2.75) is 141 Å². The van der Waals surface area contributed by atoms with Crippen LogP contribution in [0.2, 0.25) is 0 Å². The second kappa shape index (κ2) is 14.9. The lowest BCUT2D eigenvalue weighted by molar-refractivity contribution is -0.238. The minimum Gasteiger partial charge on any atom is -0.359 e. The van der Waals surface area contributed by atoms with Crippen LogP contribution >= 0.6 is 15.9 Å². The molecule has 0 unspecified atom stereocenters. The van der Waals surface area contributed by atoms with E-state index >= 15 is 0 Å². The number of fused-ring (bicyclic) bond motifs is 5. The van der Waals surface area contributed by atoms with E-state index in [9.17, 15) is 0 Å². The molecule has 4 aliphatic carbocycles. The van der Waals surface area contributed by atoms with Crippen molar-refractivity contribution in [3.8, 4) is 0 Å². The van der Waals surface area contributed by atoms with E-state index < -0.39 is 0 Å². The summed E-state index contributed by atoms with van der Waals surface area (Å²) < 4.78 is 24.3. The first-order valence-corrected chi connectivity index (χ1v) is 18.7. The van der Waals surface area contributed by atoms with E-state index in [2.05, 4.69) is 41.9 Å². The van der Waals surface area contributed by atoms with Crippen LogP contribution in [0, 0.1) is 40.4 Å². The van der Waals surface area contributed by atoms with Gasteiger partial charge in [0.05, 0.1) is 19.3 Å². The molecule has 8 atom stereocenters. The first-order chi connectivity index (χ1) is 20.0. The Hall–Kier alpha value is 0.0600. The molecule has 41 heavy (non-hydrogen) atoms. The van der Waals surface area contributed by atoms with Crippen LogP contribution in [0.5, 0.6) is 0 Å². The van der Waals surface area contributed by atoms with Gasteiger partial charge in [-0.05, 0) is 105 Å². The van der Waals surface area contributed by atoms with Crippen molar-refractivity contribution in [1.29, 1.82) is 0 Å². The van der Waals surface area contributed by atoms with Crippen molar-refractivity contribution >= 4 is 15.9 Å². The summed E-state index contributed by atoms with van der Waals surface area (Å²) in [5.41, 5.74) is 0.721. The summed E-state index contributed by atoms with van der Waals surface area (Å²) in [5, 5.41) is 1.16. The SMILES string of the molecule is COCO[C@H]1CC[C@H]2[C@@H]3[C@H](CC=CCCCCCCCCCCBr)C[C@H]4CC5(CC[C@]4(C)[C@H]3CC[C@]12C)OCCO5. The monoisotopic (exact) mass is 636 g/mol. The Morgan fingerprint density at radius 3 is 2.24 bits per heavy atom. The van der Waals surface area contributed by atoms with Crippen molar-refractivity contribution in [1.82, 2.24) is 0 Å². The molecule has 1 aliphatic heterocycles. The lowest BCUT2D eigenvalue weighted by Gasteiger charge is -2.64. The van der Waals surface area contributed by atoms with E-state index in [0.29, 0.717) is 23.7 Å². The number of hydrogen-bond acceptors (Lipinski definition) is 4. The van der Waals surface area contributed by atoms with E-state index in [4.69, 9.17) is 18.9 Å². The molecule has 5 aliphatic rings. The van der Waals surface area contributed by atoms with Crippen LogP contribution in [0.1, 0.15) is 129 Å². The second-order valence-electron chi connectivity index (χ2n) is 15.0. The Morgan fingerprint density at radius 2 is 1.51 bits per heavy atom. The van der Waals surface area contributed by atoms with Crippen LogP contribution in [0.25, 0.3) is 0 Å². The molecule has 0 aromatic heterocycles. The summed E-state index contributed by atoms with van der Waals surface area (Å²) in [6.45, 7) is 7.23. The molecule has 0 radical (unpaired) electrons. The second-order valence-corrected chi connectivity index (χ2v) is 15.8. The van der Waals surface area contributed by atoms with Crippen molar-refractivity contribution < 1.29 is 18.9 Å². The number of alkyl halides is 1. The molecule has 1 spiro atoms. The molecule has 4 saturated carbocycles. The number of hydrogen-bond donors (Lipinski definition) is 0. The number of unbranched alkanes of at least 4 members (excludes halogenated alkanes) is 8. The van der Waals surface area contributed by atoms with Gasteiger partial charge in [-0.3, -0.25) is 0 Å². The summed E-state index contributed by atoms with van der Waals surface area (Å²) >= 11 is 3.54. The highest BCUT2D eigenvalue weighted by Gasteiger charge is 2.64. The van der Waals surface area contributed by atoms with E-state index in [1.165, 1.54) is 103 Å². The molecule has 1 heterocycles. The Kier molecular flexibility index (Phi) is 11.8. The smallest absolute Gasteiger partial charge is 0.168 e. The molecule has 0 aromatic carbocycles. The zero-order valence-electron chi connectivity index (χ0n) is 26.7. The summed E-state index contributed by atoms with van der Waals surface area (Å²) in [4.78, 5) is 0. The zero-order valence-corrected chi connectivity index (χ0v) is 28.3. The fourth-order valence-corrected chi connectivity index (χ4v) is 11.0. The van der Waals surface area contributed by atoms with Crippen molar-refractivity contribution in [3.63, 3.8) is 0 Å². The average molecular weight is 638 g/mol. The van der Waals surface area contributed by atoms with Gasteiger partial charge >= 0.3 is 0 Å². The maximum absolute atomic E-state index is 6.34. The standard InChI is InChI=1S/C36H61BrO4/c1-34-20-21-36(40-23-24-41-36)26-29(34)25-28(15-13-11-9-7-5-4-6-8-10-12-14-22-37)33-30-16-17-32(39-27-38-3)35(30,2)19-18-31(33)34/h11,13,28-33H,4-10,12,14-27H2,1-3H3/t28-,29+,30+,31+,32+,33+,34+,35+/m1/s1. The van der Waals surface area contributed by atoms with Crippen molar-refractivity contribution in [2.24, 2.45) is 40.4 Å². The van der Waals surface area contributed by atoms with Gasteiger partial charge in [-0.2, -0.15) is 0 Å². The van der Waals surface area contributed by atoms with Crippen LogP contribution in [0.15, 0.2) is 12.2 Å². The first-order valence-electron chi connectivity index (χ1n) is 17.6. The maximum Gasteiger partial charge on any atom is 0.168 e. The van der Waals surface area contributed by atoms with E-state index in [0.717, 1.165) is 61.0 Å². The molecule has 0 bridgehead atoms. The van der Waals surface area contributed by atoms with Crippen LogP contribution in [0.4, 0.5) is 0 Å². The predicted octanol–water partition coefficient (Wildman–Crippen LogP) is 9.84. The van der Waals surface area contributed by atoms with Crippen molar-refractivity contribution in [3.05, 3.63) is 12.2 Å². The number of halogens is 1. The van der Waals surface area contributed by atoms with Crippen LogP contribution in [0.3, 0.4) is 0 Å². The number of rotatable bonds is 15. The highest BCUT2D eigenvalue weighted by Crippen LogP contribution is 2.69. The summed E-state index contributed by atoms with van der Waals surface area (Å²) in [7, 11) is 1.76. The first kappa shape index (κ1) is 32.5. The Labute approximate surface area is 260 Å². The third-order valence-corrected chi connectivity index (χ3v) is 13.4. The molecule has 0 aromatic rings. The molecule has 0 N–H and O–H groups in total. The largest absolute Gasteiger partial charge is 0.359 e.